The van der Waals surface area contributed by atoms with Crippen molar-refractivity contribution in [3.05, 3.63) is 0 Å². The third-order valence-corrected chi connectivity index (χ3v) is 4.11. The lowest BCUT2D eigenvalue weighted by Crippen LogP contribution is -2.50. The molecule has 0 aromatic heterocycles. The van der Waals surface area contributed by atoms with Crippen LogP contribution in [0.3, 0.4) is 0 Å². The van der Waals surface area contributed by atoms with E-state index < -0.39 is 24.1 Å². The lowest BCUT2D eigenvalue weighted by Gasteiger charge is -2.33. The zero-order valence-electron chi connectivity index (χ0n) is 15.8. The van der Waals surface area contributed by atoms with Gasteiger partial charge in [0.05, 0.1) is 6.61 Å². The van der Waals surface area contributed by atoms with Gasteiger partial charge in [-0.3, -0.25) is 4.79 Å². The van der Waals surface area contributed by atoms with E-state index >= 15 is 0 Å². The second kappa shape index (κ2) is 11.1. The Morgan fingerprint density at radius 3 is 2.48 bits per heavy atom. The number of piperidine rings is 1. The van der Waals surface area contributed by atoms with Crippen LogP contribution in [0, 0.1) is 5.92 Å². The fraction of sp³-hybridized carbons (Fsp3) is 0.833. The highest BCUT2D eigenvalue weighted by molar-refractivity contribution is 5.87. The van der Waals surface area contributed by atoms with E-state index in [9.17, 15) is 14.4 Å². The van der Waals surface area contributed by atoms with Crippen molar-refractivity contribution in [2.45, 2.75) is 65.5 Å². The molecule has 25 heavy (non-hydrogen) atoms. The van der Waals surface area contributed by atoms with Gasteiger partial charge in [-0.1, -0.05) is 13.8 Å². The molecule has 1 aliphatic rings. The fourth-order valence-electron chi connectivity index (χ4n) is 2.60. The van der Waals surface area contributed by atoms with E-state index in [0.717, 1.165) is 19.3 Å². The Morgan fingerprint density at radius 1 is 1.12 bits per heavy atom. The Labute approximate surface area is 150 Å². The molecule has 0 aromatic rings. The summed E-state index contributed by atoms with van der Waals surface area (Å²) < 4.78 is 15.5. The first-order valence-electron chi connectivity index (χ1n) is 9.11. The first-order chi connectivity index (χ1) is 11.9. The molecule has 0 bridgehead atoms. The molecule has 1 amide bonds. The van der Waals surface area contributed by atoms with Gasteiger partial charge < -0.3 is 19.1 Å². The SMILES string of the molecule is CCOC(=O)C1CCCCN1C(=O)COC(=O)C(C)OCCC(C)C. The van der Waals surface area contributed by atoms with Crippen LogP contribution in [-0.4, -0.2) is 61.3 Å². The number of nitrogens with zero attached hydrogens (tertiary/aromatic N) is 1. The van der Waals surface area contributed by atoms with E-state index in [1.807, 2.05) is 0 Å². The van der Waals surface area contributed by atoms with Gasteiger partial charge in [0.25, 0.3) is 5.91 Å². The van der Waals surface area contributed by atoms with Crippen LogP contribution in [0.4, 0.5) is 0 Å². The molecule has 1 aliphatic heterocycles. The number of likely N-dealkylation sites (tertiary alicyclic amines) is 1. The Bertz CT molecular complexity index is 451. The summed E-state index contributed by atoms with van der Waals surface area (Å²) in [7, 11) is 0. The van der Waals surface area contributed by atoms with Gasteiger partial charge in [-0.2, -0.15) is 0 Å². The van der Waals surface area contributed by atoms with Gasteiger partial charge >= 0.3 is 11.9 Å². The van der Waals surface area contributed by atoms with Gasteiger partial charge in [0.1, 0.15) is 6.04 Å². The summed E-state index contributed by atoms with van der Waals surface area (Å²) in [5.74, 6) is -0.849. The summed E-state index contributed by atoms with van der Waals surface area (Å²) >= 11 is 0. The lowest BCUT2D eigenvalue weighted by atomic mass is 10.0. The molecular formula is C18H31NO6. The maximum absolute atomic E-state index is 12.3. The molecule has 144 valence electrons. The summed E-state index contributed by atoms with van der Waals surface area (Å²) in [5.41, 5.74) is 0. The fourth-order valence-corrected chi connectivity index (χ4v) is 2.60. The van der Waals surface area contributed by atoms with Crippen LogP contribution in [0.1, 0.15) is 53.4 Å². The summed E-state index contributed by atoms with van der Waals surface area (Å²) in [4.78, 5) is 37.7. The van der Waals surface area contributed by atoms with Crippen molar-refractivity contribution in [1.29, 1.82) is 0 Å². The highest BCUT2D eigenvalue weighted by Crippen LogP contribution is 2.18. The van der Waals surface area contributed by atoms with E-state index in [4.69, 9.17) is 14.2 Å². The summed E-state index contributed by atoms with van der Waals surface area (Å²) in [6.45, 7) is 8.32. The number of carbonyl (C=O) groups is 3. The van der Waals surface area contributed by atoms with Crippen molar-refractivity contribution in [3.8, 4) is 0 Å². The zero-order chi connectivity index (χ0) is 18.8. The van der Waals surface area contributed by atoms with Crippen LogP contribution in [0.5, 0.6) is 0 Å². The number of carbonyl (C=O) groups excluding carboxylic acids is 3. The van der Waals surface area contributed by atoms with Gasteiger partial charge in [-0.05, 0) is 45.4 Å². The molecule has 1 fully saturated rings. The number of esters is 2. The Morgan fingerprint density at radius 2 is 1.84 bits per heavy atom. The van der Waals surface area contributed by atoms with Crippen molar-refractivity contribution < 1.29 is 28.6 Å². The minimum Gasteiger partial charge on any atom is -0.464 e. The average molecular weight is 357 g/mol. The van der Waals surface area contributed by atoms with Crippen LogP contribution in [0.15, 0.2) is 0 Å². The number of hydrogen-bond acceptors (Lipinski definition) is 6. The lowest BCUT2D eigenvalue weighted by molar-refractivity contribution is -0.165. The highest BCUT2D eigenvalue weighted by Gasteiger charge is 2.33. The second-order valence-corrected chi connectivity index (χ2v) is 6.65. The molecule has 0 aromatic carbocycles. The largest absolute Gasteiger partial charge is 0.464 e. The molecule has 1 rings (SSSR count). The first kappa shape index (κ1) is 21.4. The number of rotatable bonds is 9. The van der Waals surface area contributed by atoms with Crippen molar-refractivity contribution >= 4 is 17.8 Å². The Kier molecular flexibility index (Phi) is 9.49. The molecule has 0 aliphatic carbocycles. The molecular weight excluding hydrogens is 326 g/mol. The minimum absolute atomic E-state index is 0.275. The van der Waals surface area contributed by atoms with Gasteiger partial charge in [0, 0.05) is 13.2 Å². The highest BCUT2D eigenvalue weighted by atomic mass is 16.6. The van der Waals surface area contributed by atoms with Crippen molar-refractivity contribution in [1.82, 2.24) is 4.90 Å². The summed E-state index contributed by atoms with van der Waals surface area (Å²) in [6.07, 6.45) is 2.41. The number of amides is 1. The normalized spacial score (nSPS) is 18.8. The van der Waals surface area contributed by atoms with Crippen LogP contribution >= 0.6 is 0 Å². The van der Waals surface area contributed by atoms with E-state index in [-0.39, 0.29) is 19.1 Å². The van der Waals surface area contributed by atoms with Crippen molar-refractivity contribution in [2.24, 2.45) is 5.92 Å². The maximum Gasteiger partial charge on any atom is 0.335 e. The zero-order valence-corrected chi connectivity index (χ0v) is 15.8. The summed E-state index contributed by atoms with van der Waals surface area (Å²) in [5, 5.41) is 0. The minimum atomic E-state index is -0.714. The van der Waals surface area contributed by atoms with Gasteiger partial charge in [0.15, 0.2) is 12.7 Å². The average Bonchev–Trinajstić information content (AvgIpc) is 2.59. The Hall–Kier alpha value is -1.63. The first-order valence-corrected chi connectivity index (χ1v) is 9.11. The van der Waals surface area contributed by atoms with Crippen LogP contribution in [0.2, 0.25) is 0 Å². The third-order valence-electron chi connectivity index (χ3n) is 4.11. The molecule has 0 saturated carbocycles. The van der Waals surface area contributed by atoms with E-state index in [2.05, 4.69) is 13.8 Å². The van der Waals surface area contributed by atoms with Gasteiger partial charge in [-0.15, -0.1) is 0 Å². The van der Waals surface area contributed by atoms with E-state index in [0.29, 0.717) is 25.5 Å². The molecule has 7 heteroatoms. The Balaban J connectivity index is 2.45. The van der Waals surface area contributed by atoms with Crippen molar-refractivity contribution in [2.75, 3.05) is 26.4 Å². The monoisotopic (exact) mass is 357 g/mol. The number of hydrogen-bond donors (Lipinski definition) is 0. The third kappa shape index (κ3) is 7.42. The van der Waals surface area contributed by atoms with Crippen LogP contribution in [0.25, 0.3) is 0 Å². The standard InChI is InChI=1S/C18H31NO6/c1-5-23-18(22)15-8-6-7-10-19(15)16(20)12-25-17(21)14(4)24-11-9-13(2)3/h13-15H,5-12H2,1-4H3. The molecule has 2 unspecified atom stereocenters. The molecule has 0 N–H and O–H groups in total. The molecule has 7 nitrogen and oxygen atoms in total. The number of ether oxygens (including phenoxy) is 3. The van der Waals surface area contributed by atoms with Crippen LogP contribution in [-0.2, 0) is 28.6 Å². The van der Waals surface area contributed by atoms with Gasteiger partial charge in [0.2, 0.25) is 0 Å². The second-order valence-electron chi connectivity index (χ2n) is 6.65. The van der Waals surface area contributed by atoms with E-state index in [1.54, 1.807) is 13.8 Å². The maximum atomic E-state index is 12.3. The smallest absolute Gasteiger partial charge is 0.335 e. The van der Waals surface area contributed by atoms with E-state index in [1.165, 1.54) is 4.90 Å². The van der Waals surface area contributed by atoms with Gasteiger partial charge in [-0.25, -0.2) is 9.59 Å². The molecule has 1 saturated heterocycles. The predicted octanol–water partition coefficient (Wildman–Crippen LogP) is 1.92. The molecule has 1 heterocycles. The summed E-state index contributed by atoms with van der Waals surface area (Å²) in [6, 6.07) is -0.584. The van der Waals surface area contributed by atoms with Crippen molar-refractivity contribution in [3.63, 3.8) is 0 Å². The quantitative estimate of drug-likeness (QED) is 0.587. The molecule has 0 spiro atoms. The molecule has 2 atom stereocenters. The predicted molar refractivity (Wildman–Crippen MR) is 91.8 cm³/mol. The molecule has 0 radical (unpaired) electrons. The van der Waals surface area contributed by atoms with Crippen LogP contribution < -0.4 is 0 Å². The topological polar surface area (TPSA) is 82.1 Å².